The van der Waals surface area contributed by atoms with E-state index in [0.29, 0.717) is 19.1 Å². The van der Waals surface area contributed by atoms with Gasteiger partial charge in [-0.05, 0) is 25.2 Å². The molecule has 2 aliphatic heterocycles. The lowest BCUT2D eigenvalue weighted by molar-refractivity contribution is -0.176. The molecule has 5 heteroatoms. The van der Waals surface area contributed by atoms with Gasteiger partial charge in [0.25, 0.3) is 0 Å². The van der Waals surface area contributed by atoms with Crippen molar-refractivity contribution in [1.29, 1.82) is 0 Å². The Bertz CT molecular complexity index is 351. The lowest BCUT2D eigenvalue weighted by Crippen LogP contribution is -2.38. The minimum atomic E-state index is -0.753. The molecule has 0 aromatic carbocycles. The highest BCUT2D eigenvalue weighted by atomic mass is 16.7. The Balaban J connectivity index is 1.81. The molecule has 0 bridgehead atoms. The Hall–Kier alpha value is -1.09. The molecule has 0 saturated carbocycles. The fraction of sp³-hybridized carbons (Fsp3) is 0.800. The van der Waals surface area contributed by atoms with Crippen LogP contribution in [0.4, 0.5) is 0 Å². The van der Waals surface area contributed by atoms with E-state index in [4.69, 9.17) is 20.6 Å². The average Bonchev–Trinajstić information content (AvgIpc) is 2.93. The summed E-state index contributed by atoms with van der Waals surface area (Å²) in [7, 11) is 0. The van der Waals surface area contributed by atoms with Crippen LogP contribution in [0.5, 0.6) is 0 Å². The highest BCUT2D eigenvalue weighted by molar-refractivity contribution is 5.77. The molecule has 2 rings (SSSR count). The summed E-state index contributed by atoms with van der Waals surface area (Å²) in [6.07, 6.45) is 9.28. The molecule has 0 unspecified atom stereocenters. The first-order valence-electron chi connectivity index (χ1n) is 7.30. The van der Waals surface area contributed by atoms with Crippen molar-refractivity contribution in [2.24, 2.45) is 5.92 Å². The van der Waals surface area contributed by atoms with E-state index < -0.39 is 5.79 Å². The van der Waals surface area contributed by atoms with Gasteiger partial charge in [-0.1, -0.05) is 5.92 Å². The first kappa shape index (κ1) is 15.3. The molecule has 0 aliphatic carbocycles. The van der Waals surface area contributed by atoms with E-state index in [1.54, 1.807) is 0 Å². The van der Waals surface area contributed by atoms with E-state index in [-0.39, 0.29) is 18.9 Å². The second-order valence-electron chi connectivity index (χ2n) is 5.36. The van der Waals surface area contributed by atoms with E-state index >= 15 is 0 Å². The topological polar surface area (TPSA) is 56.8 Å². The highest BCUT2D eigenvalue weighted by Crippen LogP contribution is 2.32. The third kappa shape index (κ3) is 4.48. The Morgan fingerprint density at radius 2 is 1.95 bits per heavy atom. The Labute approximate surface area is 120 Å². The normalized spacial score (nSPS) is 22.4. The molecule has 2 fully saturated rings. The molecule has 2 heterocycles. The standard InChI is InChI=1S/C15H23NO4/c1-2-7-16-14(17)12-15(19-10-11-20-15)6-3-13-4-8-18-9-5-13/h1,13H,3-12H2,(H,16,17). The van der Waals surface area contributed by atoms with Crippen molar-refractivity contribution < 1.29 is 19.0 Å². The molecule has 0 aromatic heterocycles. The lowest BCUT2D eigenvalue weighted by Gasteiger charge is -2.30. The van der Waals surface area contributed by atoms with Gasteiger partial charge >= 0.3 is 0 Å². The average molecular weight is 281 g/mol. The SMILES string of the molecule is C#CCNC(=O)CC1(CCC2CCOCC2)OCCO1. The summed E-state index contributed by atoms with van der Waals surface area (Å²) in [4.78, 5) is 11.8. The fourth-order valence-corrected chi connectivity index (χ4v) is 2.75. The zero-order chi connectivity index (χ0) is 14.3. The van der Waals surface area contributed by atoms with Crippen LogP contribution in [0.2, 0.25) is 0 Å². The molecule has 112 valence electrons. The van der Waals surface area contributed by atoms with Crippen LogP contribution in [0, 0.1) is 18.3 Å². The van der Waals surface area contributed by atoms with E-state index in [1.165, 1.54) is 0 Å². The maximum atomic E-state index is 11.8. The van der Waals surface area contributed by atoms with Gasteiger partial charge in [-0.3, -0.25) is 4.79 Å². The van der Waals surface area contributed by atoms with Gasteiger partial charge in [-0.2, -0.15) is 0 Å². The lowest BCUT2D eigenvalue weighted by atomic mass is 9.91. The number of carbonyl (C=O) groups excluding carboxylic acids is 1. The minimum absolute atomic E-state index is 0.114. The third-order valence-corrected chi connectivity index (χ3v) is 3.91. The van der Waals surface area contributed by atoms with Crippen LogP contribution in [0.3, 0.4) is 0 Å². The molecule has 0 radical (unpaired) electrons. The molecule has 0 aromatic rings. The predicted molar refractivity (Wildman–Crippen MR) is 73.9 cm³/mol. The van der Waals surface area contributed by atoms with Crippen molar-refractivity contribution in [1.82, 2.24) is 5.32 Å². The van der Waals surface area contributed by atoms with E-state index in [0.717, 1.165) is 38.9 Å². The largest absolute Gasteiger partial charge is 0.381 e. The van der Waals surface area contributed by atoms with Gasteiger partial charge in [0, 0.05) is 19.6 Å². The maximum Gasteiger partial charge on any atom is 0.226 e. The number of hydrogen-bond acceptors (Lipinski definition) is 4. The third-order valence-electron chi connectivity index (χ3n) is 3.91. The van der Waals surface area contributed by atoms with Crippen molar-refractivity contribution in [3.8, 4) is 12.3 Å². The van der Waals surface area contributed by atoms with E-state index in [2.05, 4.69) is 11.2 Å². The van der Waals surface area contributed by atoms with Crippen LogP contribution in [0.15, 0.2) is 0 Å². The Morgan fingerprint density at radius 1 is 1.25 bits per heavy atom. The van der Waals surface area contributed by atoms with Gasteiger partial charge in [-0.25, -0.2) is 0 Å². The fourth-order valence-electron chi connectivity index (χ4n) is 2.75. The number of amides is 1. The smallest absolute Gasteiger partial charge is 0.226 e. The molecule has 1 N–H and O–H groups in total. The quantitative estimate of drug-likeness (QED) is 0.740. The second-order valence-corrected chi connectivity index (χ2v) is 5.36. The molecular formula is C15H23NO4. The number of hydrogen-bond donors (Lipinski definition) is 1. The molecule has 2 aliphatic rings. The van der Waals surface area contributed by atoms with Gasteiger partial charge in [0.15, 0.2) is 5.79 Å². The summed E-state index contributed by atoms with van der Waals surface area (Å²) < 4.78 is 16.8. The van der Waals surface area contributed by atoms with Crippen LogP contribution < -0.4 is 5.32 Å². The predicted octanol–water partition coefficient (Wildman–Crippen LogP) is 1.08. The van der Waals surface area contributed by atoms with E-state index in [9.17, 15) is 4.79 Å². The first-order chi connectivity index (χ1) is 9.74. The summed E-state index contributed by atoms with van der Waals surface area (Å²) in [6, 6.07) is 0. The van der Waals surface area contributed by atoms with Crippen LogP contribution in [-0.4, -0.2) is 44.7 Å². The number of ether oxygens (including phenoxy) is 3. The highest BCUT2D eigenvalue weighted by Gasteiger charge is 2.39. The monoisotopic (exact) mass is 281 g/mol. The summed E-state index contributed by atoms with van der Waals surface area (Å²) in [5, 5.41) is 2.67. The maximum absolute atomic E-state index is 11.8. The zero-order valence-electron chi connectivity index (χ0n) is 11.9. The van der Waals surface area contributed by atoms with Gasteiger partial charge in [0.1, 0.15) is 0 Å². The molecular weight excluding hydrogens is 258 g/mol. The molecule has 2 saturated heterocycles. The summed E-state index contributed by atoms with van der Waals surface area (Å²) in [6.45, 7) is 3.02. The van der Waals surface area contributed by atoms with Crippen molar-refractivity contribution >= 4 is 5.91 Å². The van der Waals surface area contributed by atoms with Crippen LogP contribution >= 0.6 is 0 Å². The van der Waals surface area contributed by atoms with E-state index in [1.807, 2.05) is 0 Å². The zero-order valence-corrected chi connectivity index (χ0v) is 11.9. The molecule has 5 nitrogen and oxygen atoms in total. The Kier molecular flexibility index (Phi) is 5.84. The number of nitrogens with one attached hydrogen (secondary N) is 1. The second kappa shape index (κ2) is 7.63. The van der Waals surface area contributed by atoms with Gasteiger partial charge < -0.3 is 19.5 Å². The molecule has 1 amide bonds. The van der Waals surface area contributed by atoms with Crippen molar-refractivity contribution in [2.45, 2.75) is 37.9 Å². The van der Waals surface area contributed by atoms with Gasteiger partial charge in [0.05, 0.1) is 26.2 Å². The Morgan fingerprint density at radius 3 is 2.60 bits per heavy atom. The molecule has 20 heavy (non-hydrogen) atoms. The van der Waals surface area contributed by atoms with Crippen molar-refractivity contribution in [3.05, 3.63) is 0 Å². The summed E-state index contributed by atoms with van der Waals surface area (Å²) in [5.41, 5.74) is 0. The van der Waals surface area contributed by atoms with Crippen molar-refractivity contribution in [3.63, 3.8) is 0 Å². The number of terminal acetylenes is 1. The molecule has 0 atom stereocenters. The van der Waals surface area contributed by atoms with Crippen LogP contribution in [0.1, 0.15) is 32.1 Å². The molecule has 0 spiro atoms. The summed E-state index contributed by atoms with van der Waals surface area (Å²) >= 11 is 0. The van der Waals surface area contributed by atoms with Gasteiger partial charge in [0.2, 0.25) is 5.91 Å². The minimum Gasteiger partial charge on any atom is -0.381 e. The number of rotatable bonds is 6. The van der Waals surface area contributed by atoms with Crippen LogP contribution in [-0.2, 0) is 19.0 Å². The van der Waals surface area contributed by atoms with Crippen LogP contribution in [0.25, 0.3) is 0 Å². The van der Waals surface area contributed by atoms with Crippen molar-refractivity contribution in [2.75, 3.05) is 33.0 Å². The summed E-state index contributed by atoms with van der Waals surface area (Å²) in [5.74, 6) is 2.17. The van der Waals surface area contributed by atoms with Gasteiger partial charge in [-0.15, -0.1) is 6.42 Å². The number of carbonyl (C=O) groups is 1. The first-order valence-corrected chi connectivity index (χ1v) is 7.30.